The zero-order valence-corrected chi connectivity index (χ0v) is 19.3. The predicted octanol–water partition coefficient (Wildman–Crippen LogP) is 1.96. The third-order valence-electron chi connectivity index (χ3n) is 5.14. The van der Waals surface area contributed by atoms with Gasteiger partial charge in [0.2, 0.25) is 26.0 Å². The fraction of sp³-hybridized carbons (Fsp3) is 0.632. The number of phenolic OH excluding ortho intramolecular Hbond substituents is 1. The van der Waals surface area contributed by atoms with Crippen molar-refractivity contribution < 1.29 is 26.7 Å². The zero-order valence-electron chi connectivity index (χ0n) is 17.7. The fourth-order valence-electron chi connectivity index (χ4n) is 3.58. The van der Waals surface area contributed by atoms with Gasteiger partial charge < -0.3 is 10.4 Å². The van der Waals surface area contributed by atoms with Crippen LogP contribution in [-0.2, 0) is 24.8 Å². The second-order valence-corrected chi connectivity index (χ2v) is 11.2. The third-order valence-corrected chi connectivity index (χ3v) is 9.27. The lowest BCUT2D eigenvalue weighted by molar-refractivity contribution is -0.120. The van der Waals surface area contributed by atoms with Gasteiger partial charge in [0.1, 0.15) is 11.8 Å². The number of anilines is 1. The summed E-state index contributed by atoms with van der Waals surface area (Å²) in [6, 6.07) is 2.79. The maximum atomic E-state index is 12.9. The van der Waals surface area contributed by atoms with Crippen LogP contribution in [0.25, 0.3) is 0 Å². The molecule has 1 atom stereocenters. The van der Waals surface area contributed by atoms with Crippen LogP contribution in [0.5, 0.6) is 5.75 Å². The van der Waals surface area contributed by atoms with Gasteiger partial charge in [-0.1, -0.05) is 27.2 Å². The lowest BCUT2D eigenvalue weighted by Gasteiger charge is -2.33. The largest absolute Gasteiger partial charge is 0.506 e. The second-order valence-electron chi connectivity index (χ2n) is 7.20. The van der Waals surface area contributed by atoms with Crippen LogP contribution in [0.1, 0.15) is 46.5 Å². The van der Waals surface area contributed by atoms with Crippen LogP contribution < -0.4 is 5.32 Å². The molecule has 2 N–H and O–H groups in total. The van der Waals surface area contributed by atoms with Crippen molar-refractivity contribution in [1.29, 1.82) is 0 Å². The van der Waals surface area contributed by atoms with E-state index in [0.29, 0.717) is 25.7 Å². The van der Waals surface area contributed by atoms with Gasteiger partial charge in [0.25, 0.3) is 0 Å². The highest BCUT2D eigenvalue weighted by atomic mass is 32.2. The minimum Gasteiger partial charge on any atom is -0.506 e. The van der Waals surface area contributed by atoms with Crippen molar-refractivity contribution >= 4 is 31.6 Å². The quantitative estimate of drug-likeness (QED) is 0.542. The first-order chi connectivity index (χ1) is 14.1. The summed E-state index contributed by atoms with van der Waals surface area (Å²) in [5.74, 6) is -0.915. The standard InChI is InChI=1S/C19H31N3O6S2/c1-4-13-29(25,26)22-12-8-7-9-17(22)19(24)20-16-14-15(10-11-18(16)23)30(27,28)21(5-2)6-3/h10-11,14,17,23H,4-9,12-13H2,1-3H3,(H,20,24). The highest BCUT2D eigenvalue weighted by molar-refractivity contribution is 7.89. The van der Waals surface area contributed by atoms with Crippen molar-refractivity contribution in [3.05, 3.63) is 18.2 Å². The highest BCUT2D eigenvalue weighted by Gasteiger charge is 2.36. The average molecular weight is 462 g/mol. The van der Waals surface area contributed by atoms with Gasteiger partial charge in [-0.3, -0.25) is 4.79 Å². The van der Waals surface area contributed by atoms with Crippen LogP contribution in [0, 0.1) is 0 Å². The van der Waals surface area contributed by atoms with Crippen molar-refractivity contribution in [2.24, 2.45) is 0 Å². The van der Waals surface area contributed by atoms with E-state index in [2.05, 4.69) is 5.32 Å². The molecule has 9 nitrogen and oxygen atoms in total. The van der Waals surface area contributed by atoms with Crippen molar-refractivity contribution in [2.45, 2.75) is 57.4 Å². The first kappa shape index (κ1) is 24.6. The van der Waals surface area contributed by atoms with E-state index in [1.807, 2.05) is 0 Å². The third kappa shape index (κ3) is 5.32. The summed E-state index contributed by atoms with van der Waals surface area (Å²) < 4.78 is 53.1. The van der Waals surface area contributed by atoms with Gasteiger partial charge >= 0.3 is 0 Å². The highest BCUT2D eigenvalue weighted by Crippen LogP contribution is 2.29. The van der Waals surface area contributed by atoms with Gasteiger partial charge in [0, 0.05) is 19.6 Å². The lowest BCUT2D eigenvalue weighted by atomic mass is 10.0. The number of sulfonamides is 2. The molecule has 1 aliphatic rings. The molecule has 1 heterocycles. The van der Waals surface area contributed by atoms with Crippen LogP contribution >= 0.6 is 0 Å². The smallest absolute Gasteiger partial charge is 0.243 e. The predicted molar refractivity (Wildman–Crippen MR) is 115 cm³/mol. The number of carbonyl (C=O) groups excluding carboxylic acids is 1. The Morgan fingerprint density at radius 3 is 2.43 bits per heavy atom. The number of phenols is 1. The topological polar surface area (TPSA) is 124 Å². The van der Waals surface area contributed by atoms with E-state index >= 15 is 0 Å². The van der Waals surface area contributed by atoms with Gasteiger partial charge in [-0.25, -0.2) is 16.8 Å². The Labute approximate surface area is 179 Å². The first-order valence-corrected chi connectivity index (χ1v) is 13.3. The molecule has 0 spiro atoms. The molecule has 1 aromatic carbocycles. The molecule has 0 aliphatic carbocycles. The number of nitrogens with one attached hydrogen (secondary N) is 1. The number of hydrogen-bond acceptors (Lipinski definition) is 6. The monoisotopic (exact) mass is 461 g/mol. The number of carbonyl (C=O) groups is 1. The average Bonchev–Trinajstić information content (AvgIpc) is 2.70. The van der Waals surface area contributed by atoms with Gasteiger partial charge in [0.15, 0.2) is 0 Å². The second kappa shape index (κ2) is 10.1. The van der Waals surface area contributed by atoms with E-state index in [-0.39, 0.29) is 41.7 Å². The minimum atomic E-state index is -3.78. The Bertz CT molecular complexity index is 958. The van der Waals surface area contributed by atoms with E-state index < -0.39 is 32.0 Å². The van der Waals surface area contributed by atoms with E-state index in [4.69, 9.17) is 0 Å². The molecule has 170 valence electrons. The fourth-order valence-corrected chi connectivity index (χ4v) is 6.81. The van der Waals surface area contributed by atoms with Crippen LogP contribution in [0.15, 0.2) is 23.1 Å². The molecule has 30 heavy (non-hydrogen) atoms. The number of amides is 1. The number of benzene rings is 1. The molecule has 1 aromatic rings. The van der Waals surface area contributed by atoms with Crippen molar-refractivity contribution in [3.8, 4) is 5.75 Å². The molecule has 0 aromatic heterocycles. The van der Waals surface area contributed by atoms with Crippen molar-refractivity contribution in [2.75, 3.05) is 30.7 Å². The minimum absolute atomic E-state index is 0.0420. The Balaban J connectivity index is 2.32. The summed E-state index contributed by atoms with van der Waals surface area (Å²) in [6.45, 7) is 6.04. The summed E-state index contributed by atoms with van der Waals surface area (Å²) in [6.07, 6.45) is 2.19. The Kier molecular flexibility index (Phi) is 8.26. The first-order valence-electron chi connectivity index (χ1n) is 10.2. The number of aromatic hydroxyl groups is 1. The van der Waals surface area contributed by atoms with Crippen LogP contribution in [0.4, 0.5) is 5.69 Å². The molecule has 1 saturated heterocycles. The van der Waals surface area contributed by atoms with Crippen LogP contribution in [0.2, 0.25) is 0 Å². The van der Waals surface area contributed by atoms with E-state index in [1.54, 1.807) is 20.8 Å². The summed E-state index contributed by atoms with van der Waals surface area (Å²) in [5.41, 5.74) is -0.0633. The number of piperidine rings is 1. The molecular formula is C19H31N3O6S2. The summed E-state index contributed by atoms with van der Waals surface area (Å²) in [4.78, 5) is 12.8. The summed E-state index contributed by atoms with van der Waals surface area (Å²) >= 11 is 0. The van der Waals surface area contributed by atoms with Crippen LogP contribution in [0.3, 0.4) is 0 Å². The van der Waals surface area contributed by atoms with Gasteiger partial charge in [-0.15, -0.1) is 0 Å². The van der Waals surface area contributed by atoms with Crippen LogP contribution in [-0.4, -0.2) is 67.9 Å². The molecule has 11 heteroatoms. The lowest BCUT2D eigenvalue weighted by Crippen LogP contribution is -2.50. The van der Waals surface area contributed by atoms with Gasteiger partial charge in [0.05, 0.1) is 16.3 Å². The molecule has 0 bridgehead atoms. The number of hydrogen-bond donors (Lipinski definition) is 2. The molecule has 1 amide bonds. The molecule has 0 radical (unpaired) electrons. The summed E-state index contributed by atoms with van der Waals surface area (Å²) in [7, 11) is -7.35. The molecular weight excluding hydrogens is 430 g/mol. The molecule has 1 unspecified atom stereocenters. The van der Waals surface area contributed by atoms with Crippen molar-refractivity contribution in [1.82, 2.24) is 8.61 Å². The number of nitrogens with zero attached hydrogens (tertiary/aromatic N) is 2. The molecule has 0 saturated carbocycles. The van der Waals surface area contributed by atoms with Crippen molar-refractivity contribution in [3.63, 3.8) is 0 Å². The zero-order chi connectivity index (χ0) is 22.5. The van der Waals surface area contributed by atoms with E-state index in [0.717, 1.165) is 0 Å². The summed E-state index contributed by atoms with van der Waals surface area (Å²) in [5, 5.41) is 12.7. The normalized spacial score (nSPS) is 18.5. The number of rotatable bonds is 9. The SMILES string of the molecule is CCCS(=O)(=O)N1CCCCC1C(=O)Nc1cc(S(=O)(=O)N(CC)CC)ccc1O. The molecule has 1 aliphatic heterocycles. The van der Waals surface area contributed by atoms with E-state index in [1.165, 1.54) is 26.8 Å². The van der Waals surface area contributed by atoms with Gasteiger partial charge in [-0.05, 0) is 37.5 Å². The Morgan fingerprint density at radius 2 is 1.83 bits per heavy atom. The maximum Gasteiger partial charge on any atom is 0.243 e. The molecule has 1 fully saturated rings. The Hall–Kier alpha value is -1.69. The molecule has 2 rings (SSSR count). The maximum absolute atomic E-state index is 12.9. The van der Waals surface area contributed by atoms with Gasteiger partial charge in [-0.2, -0.15) is 8.61 Å². The van der Waals surface area contributed by atoms with E-state index in [9.17, 15) is 26.7 Å². The Morgan fingerprint density at radius 1 is 1.17 bits per heavy atom.